The molecule has 0 saturated carbocycles. The van der Waals surface area contributed by atoms with Crippen molar-refractivity contribution in [2.45, 2.75) is 37.8 Å². The highest BCUT2D eigenvalue weighted by atomic mass is 35.5. The number of aryl methyl sites for hydroxylation is 1. The summed E-state index contributed by atoms with van der Waals surface area (Å²) >= 11 is 12.2. The number of nitrogens with one attached hydrogen (secondary N) is 1. The zero-order valence-corrected chi connectivity index (χ0v) is 24.8. The van der Waals surface area contributed by atoms with Crippen LogP contribution in [0.5, 0.6) is 0 Å². The van der Waals surface area contributed by atoms with Crippen LogP contribution >= 0.6 is 23.2 Å². The van der Waals surface area contributed by atoms with Gasteiger partial charge >= 0.3 is 5.97 Å². The predicted molar refractivity (Wildman–Crippen MR) is 157 cm³/mol. The molecule has 1 aromatic heterocycles. The van der Waals surface area contributed by atoms with Gasteiger partial charge in [0.1, 0.15) is 12.1 Å². The molecule has 0 aliphatic heterocycles. The van der Waals surface area contributed by atoms with Crippen molar-refractivity contribution in [1.29, 1.82) is 0 Å². The van der Waals surface area contributed by atoms with E-state index in [9.17, 15) is 18.0 Å². The van der Waals surface area contributed by atoms with Crippen molar-refractivity contribution in [3.8, 4) is 0 Å². The number of halogens is 2. The van der Waals surface area contributed by atoms with Gasteiger partial charge in [-0.15, -0.1) is 0 Å². The fourth-order valence-corrected chi connectivity index (χ4v) is 6.32. The van der Waals surface area contributed by atoms with E-state index < -0.39 is 28.1 Å². The van der Waals surface area contributed by atoms with Crippen molar-refractivity contribution < 1.29 is 22.7 Å². The molecular formula is C29H29Cl2N3O5S. The van der Waals surface area contributed by atoms with E-state index in [1.54, 1.807) is 56.8 Å². The Labute approximate surface area is 243 Å². The number of benzene rings is 3. The molecule has 0 aliphatic carbocycles. The molecule has 210 valence electrons. The number of rotatable bonds is 8. The SMILES string of the molecule is Cn1cc(C(=O)NCc2ccccc2)c2ccc(N(CC(=O)OC(C)(C)C)S(=O)(=O)c3cc(Cl)cc(Cl)c3)cc21. The van der Waals surface area contributed by atoms with E-state index in [-0.39, 0.29) is 26.5 Å². The summed E-state index contributed by atoms with van der Waals surface area (Å²) in [6.45, 7) is 4.85. The van der Waals surface area contributed by atoms with Crippen LogP contribution in [0, 0.1) is 0 Å². The molecule has 40 heavy (non-hydrogen) atoms. The number of ether oxygens (including phenoxy) is 1. The molecule has 0 fully saturated rings. The van der Waals surface area contributed by atoms with Gasteiger partial charge in [0.25, 0.3) is 15.9 Å². The number of anilines is 1. The molecule has 8 nitrogen and oxygen atoms in total. The Morgan fingerprint density at radius 3 is 2.25 bits per heavy atom. The van der Waals surface area contributed by atoms with Crippen LogP contribution in [0.15, 0.2) is 77.8 Å². The molecule has 0 unspecified atom stereocenters. The van der Waals surface area contributed by atoms with Gasteiger partial charge in [0, 0.05) is 35.2 Å². The number of hydrogen-bond donors (Lipinski definition) is 1. The normalized spacial score (nSPS) is 11.8. The van der Waals surface area contributed by atoms with Gasteiger partial charge in [0.05, 0.1) is 21.7 Å². The van der Waals surface area contributed by atoms with Crippen molar-refractivity contribution in [1.82, 2.24) is 9.88 Å². The van der Waals surface area contributed by atoms with Gasteiger partial charge in [0.2, 0.25) is 0 Å². The number of fused-ring (bicyclic) bond motifs is 1. The highest BCUT2D eigenvalue weighted by Crippen LogP contribution is 2.32. The fourth-order valence-electron chi connectivity index (χ4n) is 4.19. The average molecular weight is 603 g/mol. The Bertz CT molecular complexity index is 1660. The van der Waals surface area contributed by atoms with E-state index >= 15 is 0 Å². The van der Waals surface area contributed by atoms with Crippen LogP contribution in [0.2, 0.25) is 10.0 Å². The molecule has 0 bridgehead atoms. The quantitative estimate of drug-likeness (QED) is 0.252. The van der Waals surface area contributed by atoms with Crippen molar-refractivity contribution in [2.24, 2.45) is 7.05 Å². The maximum absolute atomic E-state index is 13.8. The average Bonchev–Trinajstić information content (AvgIpc) is 3.20. The molecule has 0 spiro atoms. The number of carbonyl (C=O) groups is 2. The molecule has 3 aromatic carbocycles. The van der Waals surface area contributed by atoms with Crippen molar-refractivity contribution in [3.63, 3.8) is 0 Å². The minimum atomic E-state index is -4.30. The lowest BCUT2D eigenvalue weighted by molar-refractivity contribution is -0.152. The van der Waals surface area contributed by atoms with Crippen LogP contribution in [0.3, 0.4) is 0 Å². The number of aromatic nitrogens is 1. The third kappa shape index (κ3) is 6.78. The Morgan fingerprint density at radius 2 is 1.62 bits per heavy atom. The second-order valence-corrected chi connectivity index (χ2v) is 13.0. The first-order valence-corrected chi connectivity index (χ1v) is 14.6. The lowest BCUT2D eigenvalue weighted by atomic mass is 10.1. The van der Waals surface area contributed by atoms with Gasteiger partial charge in [-0.05, 0) is 62.7 Å². The lowest BCUT2D eigenvalue weighted by Gasteiger charge is -2.26. The minimum absolute atomic E-state index is 0.132. The second kappa shape index (κ2) is 11.5. The van der Waals surface area contributed by atoms with Gasteiger partial charge in [0.15, 0.2) is 0 Å². The van der Waals surface area contributed by atoms with E-state index in [1.807, 2.05) is 30.3 Å². The summed E-state index contributed by atoms with van der Waals surface area (Å²) in [5.74, 6) is -1.01. The van der Waals surface area contributed by atoms with Gasteiger partial charge in [-0.3, -0.25) is 13.9 Å². The first-order chi connectivity index (χ1) is 18.7. The Kier molecular flexibility index (Phi) is 8.49. The van der Waals surface area contributed by atoms with Crippen molar-refractivity contribution >= 4 is 61.7 Å². The third-order valence-corrected chi connectivity index (χ3v) is 8.11. The zero-order chi connectivity index (χ0) is 29.2. The van der Waals surface area contributed by atoms with Crippen LogP contribution in [0.1, 0.15) is 36.7 Å². The highest BCUT2D eigenvalue weighted by molar-refractivity contribution is 7.92. The first kappa shape index (κ1) is 29.5. The molecule has 1 N–H and O–H groups in total. The van der Waals surface area contributed by atoms with Gasteiger partial charge in [-0.2, -0.15) is 0 Å². The van der Waals surface area contributed by atoms with E-state index in [2.05, 4.69) is 5.32 Å². The summed E-state index contributed by atoms with van der Waals surface area (Å²) in [7, 11) is -2.55. The summed E-state index contributed by atoms with van der Waals surface area (Å²) in [6.07, 6.45) is 1.68. The van der Waals surface area contributed by atoms with E-state index in [1.165, 1.54) is 18.2 Å². The molecule has 0 atom stereocenters. The first-order valence-electron chi connectivity index (χ1n) is 12.4. The molecule has 11 heteroatoms. The van der Waals surface area contributed by atoms with Gasteiger partial charge < -0.3 is 14.6 Å². The number of amides is 1. The lowest BCUT2D eigenvalue weighted by Crippen LogP contribution is -2.39. The molecule has 1 heterocycles. The highest BCUT2D eigenvalue weighted by Gasteiger charge is 2.30. The topological polar surface area (TPSA) is 97.7 Å². The van der Waals surface area contributed by atoms with E-state index in [4.69, 9.17) is 27.9 Å². The summed E-state index contributed by atoms with van der Waals surface area (Å²) in [5, 5.41) is 3.80. The smallest absolute Gasteiger partial charge is 0.327 e. The number of hydrogen-bond acceptors (Lipinski definition) is 5. The van der Waals surface area contributed by atoms with Gasteiger partial charge in [-0.25, -0.2) is 8.42 Å². The summed E-state index contributed by atoms with van der Waals surface area (Å²) in [5.41, 5.74) is 1.36. The molecule has 0 radical (unpaired) electrons. The molecule has 4 aromatic rings. The van der Waals surface area contributed by atoms with E-state index in [0.717, 1.165) is 9.87 Å². The standard InChI is InChI=1S/C29H29Cl2N3O5S/c1-29(2,3)39-27(35)18-34(40(37,38)23-13-20(30)12-21(31)14-23)22-10-11-24-25(17-33(4)26(24)15-22)28(36)32-16-19-8-6-5-7-9-19/h5-15,17H,16,18H2,1-4H3,(H,32,36). The zero-order valence-electron chi connectivity index (χ0n) is 22.4. The van der Waals surface area contributed by atoms with Gasteiger partial charge in [-0.1, -0.05) is 53.5 Å². The summed E-state index contributed by atoms with van der Waals surface area (Å²) in [6, 6.07) is 18.3. The molecular weight excluding hydrogens is 573 g/mol. The summed E-state index contributed by atoms with van der Waals surface area (Å²) < 4.78 is 35.7. The minimum Gasteiger partial charge on any atom is -0.459 e. The monoisotopic (exact) mass is 601 g/mol. The third-order valence-electron chi connectivity index (χ3n) is 5.92. The number of esters is 1. The van der Waals surface area contributed by atoms with Crippen molar-refractivity contribution in [3.05, 3.63) is 94.1 Å². The molecule has 4 rings (SSSR count). The van der Waals surface area contributed by atoms with Crippen LogP contribution in [-0.4, -0.2) is 37.0 Å². The Morgan fingerprint density at radius 1 is 0.975 bits per heavy atom. The second-order valence-electron chi connectivity index (χ2n) is 10.2. The van der Waals surface area contributed by atoms with Crippen LogP contribution in [-0.2, 0) is 33.1 Å². The maximum Gasteiger partial charge on any atom is 0.327 e. The van der Waals surface area contributed by atoms with Crippen LogP contribution in [0.25, 0.3) is 10.9 Å². The molecule has 0 aliphatic rings. The van der Waals surface area contributed by atoms with Crippen molar-refractivity contribution in [2.75, 3.05) is 10.8 Å². The largest absolute Gasteiger partial charge is 0.459 e. The van der Waals surface area contributed by atoms with Crippen LogP contribution in [0.4, 0.5) is 5.69 Å². The fraction of sp³-hybridized carbons (Fsp3) is 0.241. The summed E-state index contributed by atoms with van der Waals surface area (Å²) in [4.78, 5) is 25.7. The maximum atomic E-state index is 13.8. The number of sulfonamides is 1. The van der Waals surface area contributed by atoms with Crippen LogP contribution < -0.4 is 9.62 Å². The molecule has 0 saturated heterocycles. The Hall–Kier alpha value is -3.53. The number of nitrogens with zero attached hydrogens (tertiary/aromatic N) is 2. The number of carbonyl (C=O) groups excluding carboxylic acids is 2. The van der Waals surface area contributed by atoms with E-state index in [0.29, 0.717) is 23.0 Å². The Balaban J connectivity index is 1.73. The predicted octanol–water partition coefficient (Wildman–Crippen LogP) is 5.95. The molecule has 1 amide bonds.